The van der Waals surface area contributed by atoms with Gasteiger partial charge in [0.1, 0.15) is 5.52 Å². The Labute approximate surface area is 103 Å². The van der Waals surface area contributed by atoms with Crippen molar-refractivity contribution >= 4 is 17.1 Å². The number of rotatable bonds is 2. The monoisotopic (exact) mass is 243 g/mol. The summed E-state index contributed by atoms with van der Waals surface area (Å²) in [5.41, 5.74) is 7.19. The van der Waals surface area contributed by atoms with Gasteiger partial charge in [-0.15, -0.1) is 5.10 Å². The van der Waals surface area contributed by atoms with E-state index in [0.29, 0.717) is 11.6 Å². The third-order valence-electron chi connectivity index (χ3n) is 2.68. The van der Waals surface area contributed by atoms with Gasteiger partial charge in [-0.3, -0.25) is 5.10 Å². The highest BCUT2D eigenvalue weighted by Crippen LogP contribution is 2.24. The van der Waals surface area contributed by atoms with E-state index in [-0.39, 0.29) is 12.0 Å². The third kappa shape index (κ3) is 1.52. The molecule has 7 nitrogen and oxygen atoms in total. The molecule has 0 radical (unpaired) electrons. The van der Waals surface area contributed by atoms with Crippen LogP contribution in [-0.2, 0) is 0 Å². The molecule has 0 spiro atoms. The molecule has 0 amide bonds. The molecule has 3 aromatic heterocycles. The molecule has 0 saturated carbocycles. The number of anilines is 1. The Morgan fingerprint density at radius 3 is 2.83 bits per heavy atom. The van der Waals surface area contributed by atoms with Crippen molar-refractivity contribution in [3.05, 3.63) is 18.3 Å². The van der Waals surface area contributed by atoms with Crippen LogP contribution in [0, 0.1) is 0 Å². The molecule has 18 heavy (non-hydrogen) atoms. The molecule has 0 aromatic carbocycles. The molecule has 3 rings (SSSR count). The van der Waals surface area contributed by atoms with Crippen LogP contribution < -0.4 is 5.73 Å². The van der Waals surface area contributed by atoms with Gasteiger partial charge in [-0.25, -0.2) is 9.97 Å². The van der Waals surface area contributed by atoms with Crippen LogP contribution in [-0.4, -0.2) is 29.7 Å². The molecule has 0 fully saturated rings. The maximum atomic E-state index is 5.53. The molecule has 0 aliphatic heterocycles. The van der Waals surface area contributed by atoms with Gasteiger partial charge in [0.2, 0.25) is 5.95 Å². The summed E-state index contributed by atoms with van der Waals surface area (Å²) in [5, 5.41) is 6.61. The number of imidazole rings is 1. The Balaban J connectivity index is 2.31. The van der Waals surface area contributed by atoms with Crippen LogP contribution in [0.25, 0.3) is 22.8 Å². The first kappa shape index (κ1) is 10.7. The molecule has 0 saturated heterocycles. The van der Waals surface area contributed by atoms with Crippen molar-refractivity contribution in [1.82, 2.24) is 29.7 Å². The fourth-order valence-electron chi connectivity index (χ4n) is 1.96. The minimum atomic E-state index is 0.209. The SMILES string of the molecule is CC(C)n1c(-c2nc(N)n[nH]2)nc2cccnc21. The van der Waals surface area contributed by atoms with Gasteiger partial charge in [0, 0.05) is 12.2 Å². The first-order valence-corrected chi connectivity index (χ1v) is 5.68. The predicted octanol–water partition coefficient (Wildman–Crippen LogP) is 1.38. The lowest BCUT2D eigenvalue weighted by atomic mass is 10.3. The van der Waals surface area contributed by atoms with Crippen LogP contribution in [0.1, 0.15) is 19.9 Å². The van der Waals surface area contributed by atoms with Gasteiger partial charge in [0.15, 0.2) is 17.3 Å². The summed E-state index contributed by atoms with van der Waals surface area (Å²) in [6.07, 6.45) is 1.75. The minimum absolute atomic E-state index is 0.209. The van der Waals surface area contributed by atoms with Gasteiger partial charge < -0.3 is 10.3 Å². The topological polar surface area (TPSA) is 98.3 Å². The third-order valence-corrected chi connectivity index (χ3v) is 2.68. The number of fused-ring (bicyclic) bond motifs is 1. The second kappa shape index (κ2) is 3.80. The summed E-state index contributed by atoms with van der Waals surface area (Å²) < 4.78 is 2.01. The molecular formula is C11H13N7. The van der Waals surface area contributed by atoms with Crippen LogP contribution in [0.5, 0.6) is 0 Å². The van der Waals surface area contributed by atoms with E-state index < -0.39 is 0 Å². The van der Waals surface area contributed by atoms with Gasteiger partial charge in [-0.05, 0) is 26.0 Å². The number of aromatic amines is 1. The zero-order valence-corrected chi connectivity index (χ0v) is 10.1. The lowest BCUT2D eigenvalue weighted by molar-refractivity contribution is 0.617. The number of H-pyrrole nitrogens is 1. The second-order valence-electron chi connectivity index (χ2n) is 4.29. The standard InChI is InChI=1S/C11H13N7/c1-6(2)18-9-7(4-3-5-13-9)14-10(18)8-15-11(12)17-16-8/h3-6H,1-2H3,(H3,12,15,16,17). The van der Waals surface area contributed by atoms with Crippen LogP contribution in [0.4, 0.5) is 5.95 Å². The van der Waals surface area contributed by atoms with Crippen LogP contribution in [0.2, 0.25) is 0 Å². The number of nitrogen functional groups attached to an aromatic ring is 1. The molecule has 3 heterocycles. The number of aromatic nitrogens is 6. The number of hydrogen-bond acceptors (Lipinski definition) is 5. The van der Waals surface area contributed by atoms with Crippen molar-refractivity contribution in [2.75, 3.05) is 5.73 Å². The van der Waals surface area contributed by atoms with Gasteiger partial charge >= 0.3 is 0 Å². The zero-order chi connectivity index (χ0) is 12.7. The molecule has 0 unspecified atom stereocenters. The molecule has 0 aliphatic carbocycles. The largest absolute Gasteiger partial charge is 0.366 e. The molecule has 92 valence electrons. The minimum Gasteiger partial charge on any atom is -0.366 e. The first-order chi connectivity index (χ1) is 8.66. The van der Waals surface area contributed by atoms with E-state index in [0.717, 1.165) is 11.2 Å². The molecule has 0 bridgehead atoms. The van der Waals surface area contributed by atoms with Gasteiger partial charge in [-0.2, -0.15) is 4.98 Å². The predicted molar refractivity (Wildman–Crippen MR) is 67.7 cm³/mol. The van der Waals surface area contributed by atoms with Crippen molar-refractivity contribution < 1.29 is 0 Å². The summed E-state index contributed by atoms with van der Waals surface area (Å²) >= 11 is 0. The number of hydrogen-bond donors (Lipinski definition) is 2. The highest BCUT2D eigenvalue weighted by atomic mass is 15.3. The van der Waals surface area contributed by atoms with E-state index in [1.807, 2.05) is 16.7 Å². The Bertz CT molecular complexity index is 694. The normalized spacial score (nSPS) is 11.5. The van der Waals surface area contributed by atoms with E-state index in [2.05, 4.69) is 39.0 Å². The highest BCUT2D eigenvalue weighted by molar-refractivity contribution is 5.75. The molecule has 3 N–H and O–H groups in total. The molecule has 0 atom stereocenters. The van der Waals surface area contributed by atoms with Crippen LogP contribution in [0.15, 0.2) is 18.3 Å². The lowest BCUT2D eigenvalue weighted by Crippen LogP contribution is -2.04. The first-order valence-electron chi connectivity index (χ1n) is 5.68. The Morgan fingerprint density at radius 1 is 1.33 bits per heavy atom. The highest BCUT2D eigenvalue weighted by Gasteiger charge is 2.18. The summed E-state index contributed by atoms with van der Waals surface area (Å²) in [5.74, 6) is 1.46. The smallest absolute Gasteiger partial charge is 0.239 e. The van der Waals surface area contributed by atoms with E-state index in [4.69, 9.17) is 5.73 Å². The Morgan fingerprint density at radius 2 is 2.17 bits per heavy atom. The Kier molecular flexibility index (Phi) is 2.26. The maximum Gasteiger partial charge on any atom is 0.239 e. The lowest BCUT2D eigenvalue weighted by Gasteiger charge is -2.10. The molecular weight excluding hydrogens is 230 g/mol. The zero-order valence-electron chi connectivity index (χ0n) is 10.1. The van der Waals surface area contributed by atoms with E-state index in [1.54, 1.807) is 6.20 Å². The van der Waals surface area contributed by atoms with Crippen LogP contribution in [0.3, 0.4) is 0 Å². The fourth-order valence-corrected chi connectivity index (χ4v) is 1.96. The molecule has 0 aliphatic rings. The average Bonchev–Trinajstić information content (AvgIpc) is 2.91. The van der Waals surface area contributed by atoms with Gasteiger partial charge in [0.25, 0.3) is 0 Å². The number of nitrogens with two attached hydrogens (primary N) is 1. The van der Waals surface area contributed by atoms with Crippen molar-refractivity contribution in [1.29, 1.82) is 0 Å². The van der Waals surface area contributed by atoms with Crippen molar-refractivity contribution in [2.24, 2.45) is 0 Å². The fraction of sp³-hybridized carbons (Fsp3) is 0.273. The number of nitrogens with zero attached hydrogens (tertiary/aromatic N) is 5. The second-order valence-corrected chi connectivity index (χ2v) is 4.29. The van der Waals surface area contributed by atoms with Crippen molar-refractivity contribution in [2.45, 2.75) is 19.9 Å². The number of nitrogens with one attached hydrogen (secondary N) is 1. The average molecular weight is 243 g/mol. The van der Waals surface area contributed by atoms with Crippen LogP contribution >= 0.6 is 0 Å². The summed E-state index contributed by atoms with van der Waals surface area (Å²) in [7, 11) is 0. The van der Waals surface area contributed by atoms with Crippen molar-refractivity contribution in [3.8, 4) is 11.6 Å². The van der Waals surface area contributed by atoms with Gasteiger partial charge in [0.05, 0.1) is 0 Å². The van der Waals surface area contributed by atoms with E-state index >= 15 is 0 Å². The van der Waals surface area contributed by atoms with E-state index in [9.17, 15) is 0 Å². The summed E-state index contributed by atoms with van der Waals surface area (Å²) in [6.45, 7) is 4.14. The quantitative estimate of drug-likeness (QED) is 0.708. The maximum absolute atomic E-state index is 5.53. The van der Waals surface area contributed by atoms with E-state index in [1.165, 1.54) is 0 Å². The number of pyridine rings is 1. The summed E-state index contributed by atoms with van der Waals surface area (Å²) in [4.78, 5) is 13.0. The van der Waals surface area contributed by atoms with Gasteiger partial charge in [-0.1, -0.05) is 0 Å². The summed E-state index contributed by atoms with van der Waals surface area (Å²) in [6, 6.07) is 3.99. The Hall–Kier alpha value is -2.44. The molecule has 3 aromatic rings. The van der Waals surface area contributed by atoms with Crippen molar-refractivity contribution in [3.63, 3.8) is 0 Å². The molecule has 7 heteroatoms.